The number of ether oxygens (including phenoxy) is 2. The quantitative estimate of drug-likeness (QED) is 0.0261. The summed E-state index contributed by atoms with van der Waals surface area (Å²) in [5.74, 6) is -0.141. The number of nitrogens with one attached hydrogen (secondary N) is 1. The third-order valence-corrected chi connectivity index (χ3v) is 15.8. The monoisotopic (exact) mass is 1120 g/mol. The molecule has 1 saturated heterocycles. The van der Waals surface area contributed by atoms with E-state index in [2.05, 4.69) is 104 Å². The van der Waals surface area contributed by atoms with Gasteiger partial charge in [-0.1, -0.05) is 311 Å². The summed E-state index contributed by atoms with van der Waals surface area (Å²) in [5, 5.41) is 54.8. The van der Waals surface area contributed by atoms with Crippen LogP contribution in [0.1, 0.15) is 303 Å². The first-order valence-corrected chi connectivity index (χ1v) is 33.8. The van der Waals surface area contributed by atoms with Gasteiger partial charge in [-0.3, -0.25) is 4.79 Å². The van der Waals surface area contributed by atoms with Crippen LogP contribution in [0.5, 0.6) is 0 Å². The molecule has 6 N–H and O–H groups in total. The fourth-order valence-corrected chi connectivity index (χ4v) is 10.5. The molecule has 0 saturated carbocycles. The molecule has 9 heteroatoms. The highest BCUT2D eigenvalue weighted by Gasteiger charge is 2.44. The molecule has 1 heterocycles. The molecule has 0 aromatic heterocycles. The molecule has 0 aromatic carbocycles. The molecule has 7 atom stereocenters. The predicted molar refractivity (Wildman–Crippen MR) is 341 cm³/mol. The summed E-state index contributed by atoms with van der Waals surface area (Å²) in [7, 11) is 0. The Kier molecular flexibility index (Phi) is 56.1. The van der Waals surface area contributed by atoms with E-state index in [1.54, 1.807) is 0 Å². The fourth-order valence-electron chi connectivity index (χ4n) is 10.5. The number of hydrogen-bond acceptors (Lipinski definition) is 8. The molecular formula is C71H127NO8. The molecule has 1 amide bonds. The van der Waals surface area contributed by atoms with Gasteiger partial charge in [0.15, 0.2) is 6.29 Å². The van der Waals surface area contributed by atoms with Crippen molar-refractivity contribution in [1.82, 2.24) is 5.32 Å². The van der Waals surface area contributed by atoms with Crippen LogP contribution >= 0.6 is 0 Å². The summed E-state index contributed by atoms with van der Waals surface area (Å²) in [6.07, 6.45) is 77.9. The Hall–Kier alpha value is -2.63. The van der Waals surface area contributed by atoms with Crippen molar-refractivity contribution in [2.45, 2.75) is 346 Å². The largest absolute Gasteiger partial charge is 0.394 e. The average Bonchev–Trinajstić information content (AvgIpc) is 3.46. The van der Waals surface area contributed by atoms with Gasteiger partial charge in [-0.2, -0.15) is 0 Å². The number of aliphatic hydroxyl groups excluding tert-OH is 5. The summed E-state index contributed by atoms with van der Waals surface area (Å²) in [4.78, 5) is 13.1. The number of hydrogen-bond donors (Lipinski definition) is 6. The number of carbonyl (C=O) groups excluding carboxylic acids is 1. The Morgan fingerprint density at radius 2 is 0.775 bits per heavy atom. The van der Waals surface area contributed by atoms with E-state index in [1.807, 2.05) is 0 Å². The van der Waals surface area contributed by atoms with Crippen LogP contribution in [0.3, 0.4) is 0 Å². The van der Waals surface area contributed by atoms with Crippen molar-refractivity contribution in [3.63, 3.8) is 0 Å². The maximum Gasteiger partial charge on any atom is 0.220 e. The summed E-state index contributed by atoms with van der Waals surface area (Å²) < 4.78 is 11.3. The lowest BCUT2D eigenvalue weighted by atomic mass is 9.99. The molecule has 7 unspecified atom stereocenters. The molecule has 0 spiro atoms. The molecule has 1 rings (SSSR count). The van der Waals surface area contributed by atoms with Gasteiger partial charge < -0.3 is 40.3 Å². The van der Waals surface area contributed by atoms with Crippen molar-refractivity contribution < 1.29 is 39.8 Å². The van der Waals surface area contributed by atoms with E-state index in [9.17, 15) is 30.3 Å². The zero-order chi connectivity index (χ0) is 57.9. The lowest BCUT2D eigenvalue weighted by Gasteiger charge is -2.40. The maximum atomic E-state index is 13.1. The zero-order valence-corrected chi connectivity index (χ0v) is 51.8. The lowest BCUT2D eigenvalue weighted by molar-refractivity contribution is -0.302. The second-order valence-electron chi connectivity index (χ2n) is 23.2. The van der Waals surface area contributed by atoms with Gasteiger partial charge in [0.2, 0.25) is 5.91 Å². The lowest BCUT2D eigenvalue weighted by Crippen LogP contribution is -2.60. The Morgan fingerprint density at radius 3 is 1.15 bits per heavy atom. The molecule has 1 aliphatic rings. The van der Waals surface area contributed by atoms with Gasteiger partial charge in [0.25, 0.3) is 0 Å². The van der Waals surface area contributed by atoms with Gasteiger partial charge >= 0.3 is 0 Å². The Morgan fingerprint density at radius 1 is 0.438 bits per heavy atom. The van der Waals surface area contributed by atoms with E-state index in [4.69, 9.17) is 9.47 Å². The minimum atomic E-state index is -1.55. The standard InChI is InChI=1S/C71H127NO8/c1-3-5-7-9-11-13-15-17-19-21-22-23-24-25-26-27-28-29-30-31-32-33-34-35-36-37-38-39-40-41-42-43-44-45-47-49-51-53-55-57-59-61-67(75)72-64(63-79-71-70(78)69(77)68(76)66(62-73)80-71)65(74)60-58-56-54-52-50-48-46-20-18-16-14-12-10-8-6-4-2/h5,7,11,13,17,19,22-23,25-26,28-29,31-32,64-66,68-71,73-74,76-78H,3-4,6,8-10,12,14-16,18,20-21,24,27,30,33-63H2,1-2H3,(H,72,75)/b7-5-,13-11-,19-17-,23-22-,26-25-,29-28-,32-31-. The molecule has 0 bridgehead atoms. The smallest absolute Gasteiger partial charge is 0.220 e. The number of unbranched alkanes of at least 4 members (excludes halogenated alkanes) is 34. The Bertz CT molecular complexity index is 1540. The van der Waals surface area contributed by atoms with Gasteiger partial charge in [-0.05, 0) is 70.6 Å². The highest BCUT2D eigenvalue weighted by molar-refractivity contribution is 5.76. The van der Waals surface area contributed by atoms with Crippen molar-refractivity contribution >= 4 is 5.91 Å². The number of allylic oxidation sites excluding steroid dienone is 14. The van der Waals surface area contributed by atoms with Crippen LogP contribution in [0.25, 0.3) is 0 Å². The van der Waals surface area contributed by atoms with E-state index < -0.39 is 49.5 Å². The Balaban J connectivity index is 2.05. The number of carbonyl (C=O) groups is 1. The van der Waals surface area contributed by atoms with E-state index >= 15 is 0 Å². The second-order valence-corrected chi connectivity index (χ2v) is 23.2. The molecule has 0 aromatic rings. The van der Waals surface area contributed by atoms with Crippen LogP contribution in [0.2, 0.25) is 0 Å². The molecule has 80 heavy (non-hydrogen) atoms. The molecule has 1 fully saturated rings. The van der Waals surface area contributed by atoms with Crippen molar-refractivity contribution in [3.05, 3.63) is 85.1 Å². The second kappa shape index (κ2) is 59.5. The van der Waals surface area contributed by atoms with Gasteiger partial charge in [0, 0.05) is 6.42 Å². The van der Waals surface area contributed by atoms with Crippen LogP contribution in [0.15, 0.2) is 85.1 Å². The van der Waals surface area contributed by atoms with Gasteiger partial charge in [-0.25, -0.2) is 0 Å². The third-order valence-electron chi connectivity index (χ3n) is 15.8. The highest BCUT2D eigenvalue weighted by atomic mass is 16.7. The number of aliphatic hydroxyl groups is 5. The summed E-state index contributed by atoms with van der Waals surface area (Å²) in [6.45, 7) is 3.75. The van der Waals surface area contributed by atoms with Crippen molar-refractivity contribution in [1.29, 1.82) is 0 Å². The van der Waals surface area contributed by atoms with Crippen molar-refractivity contribution in [2.75, 3.05) is 13.2 Å². The first-order chi connectivity index (χ1) is 39.3. The minimum absolute atomic E-state index is 0.137. The van der Waals surface area contributed by atoms with Crippen LogP contribution in [-0.2, 0) is 14.3 Å². The highest BCUT2D eigenvalue weighted by Crippen LogP contribution is 2.23. The summed E-state index contributed by atoms with van der Waals surface area (Å²) >= 11 is 0. The molecular weight excluding hydrogens is 995 g/mol. The molecule has 0 aliphatic carbocycles. The zero-order valence-electron chi connectivity index (χ0n) is 51.8. The van der Waals surface area contributed by atoms with E-state index in [0.717, 1.165) is 83.5 Å². The normalized spacial score (nSPS) is 19.0. The third kappa shape index (κ3) is 47.8. The van der Waals surface area contributed by atoms with Crippen LogP contribution < -0.4 is 5.32 Å². The van der Waals surface area contributed by atoms with Gasteiger partial charge in [-0.15, -0.1) is 0 Å². The fraction of sp³-hybridized carbons (Fsp3) is 0.789. The van der Waals surface area contributed by atoms with Crippen molar-refractivity contribution in [3.8, 4) is 0 Å². The van der Waals surface area contributed by atoms with Crippen LogP contribution in [0, 0.1) is 0 Å². The SMILES string of the molecule is CC/C=C\C/C=C\C/C=C\C/C=C\C/C=C\C/C=C\C/C=C\CCCCCCCCCCCCCCCCCCCCCC(=O)NC(COC1OC(CO)C(O)C(O)C1O)C(O)CCCCCCCCCCCCCCCCCC. The van der Waals surface area contributed by atoms with E-state index in [-0.39, 0.29) is 12.5 Å². The number of rotatable bonds is 58. The summed E-state index contributed by atoms with van der Waals surface area (Å²) in [5.41, 5.74) is 0. The van der Waals surface area contributed by atoms with Crippen LogP contribution in [0.4, 0.5) is 0 Å². The Labute approximate surface area is 492 Å². The summed E-state index contributed by atoms with van der Waals surface area (Å²) in [6, 6.07) is -0.721. The molecule has 464 valence electrons. The first-order valence-electron chi connectivity index (χ1n) is 33.8. The first kappa shape index (κ1) is 75.4. The minimum Gasteiger partial charge on any atom is -0.394 e. The van der Waals surface area contributed by atoms with Crippen molar-refractivity contribution in [2.24, 2.45) is 0 Å². The topological polar surface area (TPSA) is 149 Å². The van der Waals surface area contributed by atoms with Crippen LogP contribution in [-0.4, -0.2) is 87.5 Å². The number of amides is 1. The van der Waals surface area contributed by atoms with Gasteiger partial charge in [0.1, 0.15) is 24.4 Å². The van der Waals surface area contributed by atoms with Gasteiger partial charge in [0.05, 0.1) is 25.4 Å². The maximum absolute atomic E-state index is 13.1. The van der Waals surface area contributed by atoms with E-state index in [1.165, 1.54) is 193 Å². The molecule has 9 nitrogen and oxygen atoms in total. The average molecular weight is 1120 g/mol. The van der Waals surface area contributed by atoms with E-state index in [0.29, 0.717) is 12.8 Å². The molecule has 0 radical (unpaired) electrons. The molecule has 1 aliphatic heterocycles. The predicted octanol–water partition coefficient (Wildman–Crippen LogP) is 18.1.